The van der Waals surface area contributed by atoms with E-state index in [1.165, 1.54) is 19.3 Å². The predicted molar refractivity (Wildman–Crippen MR) is 145 cm³/mol. The highest BCUT2D eigenvalue weighted by atomic mass is 127. The van der Waals surface area contributed by atoms with Crippen molar-refractivity contribution in [3.05, 3.63) is 29.8 Å². The summed E-state index contributed by atoms with van der Waals surface area (Å²) in [6.45, 7) is 6.24. The number of nitrogens with one attached hydrogen (secondary N) is 3. The summed E-state index contributed by atoms with van der Waals surface area (Å²) in [6.07, 6.45) is 7.19. The minimum atomic E-state index is 0. The maximum atomic E-state index is 12.8. The van der Waals surface area contributed by atoms with E-state index in [-0.39, 0.29) is 41.8 Å². The average molecular weight is 570 g/mol. The molecule has 0 bridgehead atoms. The summed E-state index contributed by atoms with van der Waals surface area (Å²) in [5.74, 6) is 1.67. The smallest absolute Gasteiger partial charge is 0.225 e. The van der Waals surface area contributed by atoms with Crippen molar-refractivity contribution in [2.75, 3.05) is 25.5 Å². The van der Waals surface area contributed by atoms with Crippen molar-refractivity contribution in [2.24, 2.45) is 16.8 Å². The minimum absolute atomic E-state index is 0. The molecule has 7 nitrogen and oxygen atoms in total. The molecule has 1 aliphatic carbocycles. The molecule has 1 heterocycles. The summed E-state index contributed by atoms with van der Waals surface area (Å²) in [7, 11) is 1.76. The monoisotopic (exact) mass is 569 g/mol. The summed E-state index contributed by atoms with van der Waals surface area (Å²) in [6, 6.07) is 8.09. The van der Waals surface area contributed by atoms with Gasteiger partial charge in [-0.1, -0.05) is 45.2 Å². The first-order valence-electron chi connectivity index (χ1n) is 12.1. The molecule has 1 aromatic carbocycles. The number of nitrogens with zero attached hydrogens (tertiary/aromatic N) is 2. The summed E-state index contributed by atoms with van der Waals surface area (Å²) >= 11 is 0. The normalized spacial score (nSPS) is 19.2. The third-order valence-corrected chi connectivity index (χ3v) is 6.28. The van der Waals surface area contributed by atoms with Gasteiger partial charge < -0.3 is 20.9 Å². The number of rotatable bonds is 7. The Kier molecular flexibility index (Phi) is 11.4. The van der Waals surface area contributed by atoms with Crippen molar-refractivity contribution in [3.63, 3.8) is 0 Å². The van der Waals surface area contributed by atoms with Gasteiger partial charge in [-0.25, -0.2) is 0 Å². The quantitative estimate of drug-likeness (QED) is 0.262. The third kappa shape index (κ3) is 8.79. The van der Waals surface area contributed by atoms with Gasteiger partial charge in [-0.05, 0) is 42.9 Å². The van der Waals surface area contributed by atoms with Crippen LogP contribution in [0.4, 0.5) is 5.69 Å². The number of benzene rings is 1. The van der Waals surface area contributed by atoms with Gasteiger partial charge >= 0.3 is 0 Å². The maximum absolute atomic E-state index is 12.8. The van der Waals surface area contributed by atoms with Crippen LogP contribution in [-0.4, -0.2) is 48.9 Å². The highest BCUT2D eigenvalue weighted by molar-refractivity contribution is 14.0. The summed E-state index contributed by atoms with van der Waals surface area (Å²) in [4.78, 5) is 31.2. The van der Waals surface area contributed by atoms with Crippen LogP contribution >= 0.6 is 24.0 Å². The number of hydrogen-bond donors (Lipinski definition) is 3. The third-order valence-electron chi connectivity index (χ3n) is 6.28. The highest BCUT2D eigenvalue weighted by Crippen LogP contribution is 2.26. The zero-order valence-corrected chi connectivity index (χ0v) is 22.6. The molecular formula is C25H40IN5O2. The Morgan fingerprint density at radius 2 is 1.91 bits per heavy atom. The molecular weight excluding hydrogens is 529 g/mol. The highest BCUT2D eigenvalue weighted by Gasteiger charge is 2.31. The summed E-state index contributed by atoms with van der Waals surface area (Å²) in [5, 5.41) is 9.79. The second kappa shape index (κ2) is 13.8. The lowest BCUT2D eigenvalue weighted by Gasteiger charge is -2.26. The fourth-order valence-electron chi connectivity index (χ4n) is 4.60. The molecule has 33 heavy (non-hydrogen) atoms. The van der Waals surface area contributed by atoms with Gasteiger partial charge in [0.1, 0.15) is 0 Å². The maximum Gasteiger partial charge on any atom is 0.225 e. The molecule has 1 atom stereocenters. The number of likely N-dealkylation sites (tertiary alicyclic amines) is 1. The van der Waals surface area contributed by atoms with E-state index in [0.717, 1.165) is 49.6 Å². The Balaban J connectivity index is 0.00000385. The largest absolute Gasteiger partial charge is 0.352 e. The van der Waals surface area contributed by atoms with E-state index in [2.05, 4.69) is 20.9 Å². The van der Waals surface area contributed by atoms with E-state index in [0.29, 0.717) is 24.8 Å². The number of aliphatic imine (C=N–C) groups is 1. The number of carbonyl (C=O) groups is 2. The Morgan fingerprint density at radius 1 is 1.15 bits per heavy atom. The van der Waals surface area contributed by atoms with Gasteiger partial charge in [0, 0.05) is 50.7 Å². The van der Waals surface area contributed by atoms with E-state index in [1.807, 2.05) is 43.0 Å². The van der Waals surface area contributed by atoms with Gasteiger partial charge in [-0.3, -0.25) is 14.6 Å². The van der Waals surface area contributed by atoms with Gasteiger partial charge in [0.05, 0.1) is 0 Å². The molecule has 184 valence electrons. The van der Waals surface area contributed by atoms with Crippen LogP contribution in [0.2, 0.25) is 0 Å². The molecule has 0 radical (unpaired) electrons. The molecule has 2 aliphatic rings. The minimum Gasteiger partial charge on any atom is -0.352 e. The van der Waals surface area contributed by atoms with Gasteiger partial charge in [0.15, 0.2) is 5.96 Å². The summed E-state index contributed by atoms with van der Waals surface area (Å²) < 4.78 is 0. The Morgan fingerprint density at radius 3 is 2.61 bits per heavy atom. The first kappa shape index (κ1) is 27.4. The molecule has 0 spiro atoms. The fourth-order valence-corrected chi connectivity index (χ4v) is 4.60. The van der Waals surface area contributed by atoms with Crippen LogP contribution in [0.25, 0.3) is 0 Å². The van der Waals surface area contributed by atoms with Crippen LogP contribution in [0.5, 0.6) is 0 Å². The van der Waals surface area contributed by atoms with Crippen molar-refractivity contribution in [3.8, 4) is 0 Å². The SMILES string of the molecule is CN=C(NCc1cccc(NC(=O)CC(C)C)c1)NC1CCN(C(=O)C2CCCCC2)C1.I. The van der Waals surface area contributed by atoms with E-state index >= 15 is 0 Å². The molecule has 1 unspecified atom stereocenters. The molecule has 3 N–H and O–H groups in total. The van der Waals surface area contributed by atoms with Gasteiger partial charge in [0.2, 0.25) is 11.8 Å². The van der Waals surface area contributed by atoms with Crippen LogP contribution in [0, 0.1) is 11.8 Å². The van der Waals surface area contributed by atoms with E-state index < -0.39 is 0 Å². The Hall–Kier alpha value is -1.84. The zero-order valence-electron chi connectivity index (χ0n) is 20.2. The van der Waals surface area contributed by atoms with Gasteiger partial charge in [-0.2, -0.15) is 0 Å². The van der Waals surface area contributed by atoms with Crippen LogP contribution < -0.4 is 16.0 Å². The second-order valence-electron chi connectivity index (χ2n) is 9.52. The van der Waals surface area contributed by atoms with Crippen molar-refractivity contribution < 1.29 is 9.59 Å². The summed E-state index contributed by atoms with van der Waals surface area (Å²) in [5.41, 5.74) is 1.88. The van der Waals surface area contributed by atoms with Crippen LogP contribution in [-0.2, 0) is 16.1 Å². The van der Waals surface area contributed by atoms with E-state index in [1.54, 1.807) is 7.05 Å². The van der Waals surface area contributed by atoms with Crippen molar-refractivity contribution >= 4 is 47.4 Å². The lowest BCUT2D eigenvalue weighted by Crippen LogP contribution is -2.45. The number of guanidine groups is 1. The van der Waals surface area contributed by atoms with Gasteiger partial charge in [0.25, 0.3) is 0 Å². The lowest BCUT2D eigenvalue weighted by molar-refractivity contribution is -0.135. The molecule has 2 amide bonds. The Bertz CT molecular complexity index is 808. The van der Waals surface area contributed by atoms with Crippen molar-refractivity contribution in [1.29, 1.82) is 0 Å². The van der Waals surface area contributed by atoms with E-state index in [4.69, 9.17) is 0 Å². The molecule has 0 aromatic heterocycles. The van der Waals surface area contributed by atoms with Crippen molar-refractivity contribution in [2.45, 2.75) is 71.4 Å². The molecule has 3 rings (SSSR count). The fraction of sp³-hybridized carbons (Fsp3) is 0.640. The standard InChI is InChI=1S/C25H39N5O2.HI/c1-18(2)14-23(31)28-21-11-7-8-19(15-21)16-27-25(26-3)29-22-12-13-30(17-22)24(32)20-9-5-4-6-10-20;/h7-8,11,15,18,20,22H,4-6,9-10,12-14,16-17H2,1-3H3,(H,28,31)(H2,26,27,29);1H. The molecule has 1 saturated heterocycles. The van der Waals surface area contributed by atoms with Crippen LogP contribution in [0.1, 0.15) is 64.4 Å². The Labute approximate surface area is 215 Å². The molecule has 1 saturated carbocycles. The van der Waals surface area contributed by atoms with Crippen LogP contribution in [0.15, 0.2) is 29.3 Å². The second-order valence-corrected chi connectivity index (χ2v) is 9.52. The van der Waals surface area contributed by atoms with Crippen molar-refractivity contribution in [1.82, 2.24) is 15.5 Å². The number of anilines is 1. The molecule has 2 fully saturated rings. The number of carbonyl (C=O) groups excluding carboxylic acids is 2. The molecule has 8 heteroatoms. The number of hydrogen-bond acceptors (Lipinski definition) is 3. The van der Waals surface area contributed by atoms with E-state index in [9.17, 15) is 9.59 Å². The average Bonchev–Trinajstić information content (AvgIpc) is 3.25. The molecule has 1 aliphatic heterocycles. The number of halogens is 1. The predicted octanol–water partition coefficient (Wildman–Crippen LogP) is 4.14. The number of amides is 2. The lowest BCUT2D eigenvalue weighted by atomic mass is 9.88. The zero-order chi connectivity index (χ0) is 22.9. The first-order valence-corrected chi connectivity index (χ1v) is 12.1. The molecule has 1 aromatic rings. The van der Waals surface area contributed by atoms with Gasteiger partial charge in [-0.15, -0.1) is 24.0 Å². The van der Waals surface area contributed by atoms with Crippen LogP contribution in [0.3, 0.4) is 0 Å². The topological polar surface area (TPSA) is 85.8 Å². The first-order chi connectivity index (χ1) is 15.4.